The number of nitrogens with one attached hydrogen (secondary N) is 1. The molecule has 1 saturated heterocycles. The van der Waals surface area contributed by atoms with Crippen LogP contribution in [-0.2, 0) is 20.7 Å². The highest BCUT2D eigenvalue weighted by Gasteiger charge is 2.29. The van der Waals surface area contributed by atoms with Gasteiger partial charge in [-0.05, 0) is 42.9 Å². The number of fused-ring (bicyclic) bond motifs is 1. The predicted octanol–water partition coefficient (Wildman–Crippen LogP) is 2.05. The van der Waals surface area contributed by atoms with Crippen LogP contribution in [0.5, 0.6) is 11.5 Å². The van der Waals surface area contributed by atoms with Gasteiger partial charge in [0, 0.05) is 13.2 Å². The molecule has 2 atom stereocenters. The van der Waals surface area contributed by atoms with Crippen LogP contribution < -0.4 is 14.8 Å². The zero-order valence-electron chi connectivity index (χ0n) is 14.4. The van der Waals surface area contributed by atoms with E-state index in [1.807, 2.05) is 18.2 Å². The van der Waals surface area contributed by atoms with Crippen LogP contribution in [0, 0.1) is 5.92 Å². The van der Waals surface area contributed by atoms with Crippen molar-refractivity contribution in [1.29, 1.82) is 0 Å². The van der Waals surface area contributed by atoms with E-state index >= 15 is 0 Å². The van der Waals surface area contributed by atoms with Gasteiger partial charge in [0.25, 0.3) is 0 Å². The molecule has 1 N–H and O–H groups in total. The van der Waals surface area contributed by atoms with Gasteiger partial charge in [-0.2, -0.15) is 0 Å². The van der Waals surface area contributed by atoms with Crippen LogP contribution in [0.3, 0.4) is 0 Å². The molecule has 2 aliphatic heterocycles. The summed E-state index contributed by atoms with van der Waals surface area (Å²) in [4.78, 5) is 12.5. The van der Waals surface area contributed by atoms with E-state index in [9.17, 15) is 4.79 Å². The van der Waals surface area contributed by atoms with Crippen molar-refractivity contribution >= 4 is 5.91 Å². The van der Waals surface area contributed by atoms with Gasteiger partial charge in [0.05, 0.1) is 19.1 Å². The molecular formula is C19H25NO5. The van der Waals surface area contributed by atoms with Crippen LogP contribution in [0.1, 0.15) is 31.2 Å². The quantitative estimate of drug-likeness (QED) is 0.853. The highest BCUT2D eigenvalue weighted by molar-refractivity contribution is 5.79. The van der Waals surface area contributed by atoms with Gasteiger partial charge in [0.1, 0.15) is 6.10 Å². The lowest BCUT2D eigenvalue weighted by atomic mass is 9.86. The van der Waals surface area contributed by atoms with Crippen molar-refractivity contribution in [2.24, 2.45) is 5.92 Å². The number of ether oxygens (including phenoxy) is 4. The van der Waals surface area contributed by atoms with Crippen LogP contribution in [0.4, 0.5) is 0 Å². The first kappa shape index (κ1) is 16.7. The fourth-order valence-corrected chi connectivity index (χ4v) is 3.45. The van der Waals surface area contributed by atoms with E-state index in [0.717, 1.165) is 24.3 Å². The summed E-state index contributed by atoms with van der Waals surface area (Å²) in [5, 5.41) is 3.13. The summed E-state index contributed by atoms with van der Waals surface area (Å²) >= 11 is 0. The summed E-state index contributed by atoms with van der Waals surface area (Å²) in [5.41, 5.74) is 0.917. The number of hydrogen-bond donors (Lipinski definition) is 1. The van der Waals surface area contributed by atoms with E-state index in [1.54, 1.807) is 0 Å². The smallest absolute Gasteiger partial charge is 0.231 e. The molecule has 1 amide bonds. The van der Waals surface area contributed by atoms with Crippen molar-refractivity contribution < 1.29 is 23.7 Å². The second kappa shape index (κ2) is 7.62. The van der Waals surface area contributed by atoms with Gasteiger partial charge in [-0.15, -0.1) is 0 Å². The summed E-state index contributed by atoms with van der Waals surface area (Å²) in [6.45, 7) is 2.25. The minimum Gasteiger partial charge on any atom is -0.454 e. The molecule has 0 radical (unpaired) electrons. The predicted molar refractivity (Wildman–Crippen MR) is 90.7 cm³/mol. The molecule has 0 spiro atoms. The molecule has 136 valence electrons. The fourth-order valence-electron chi connectivity index (χ4n) is 3.45. The molecule has 4 rings (SSSR count). The normalized spacial score (nSPS) is 25.4. The molecule has 1 aliphatic carbocycles. The van der Waals surface area contributed by atoms with E-state index in [1.165, 1.54) is 19.3 Å². The first-order valence-corrected chi connectivity index (χ1v) is 9.15. The zero-order chi connectivity index (χ0) is 17.1. The molecule has 3 aliphatic rings. The van der Waals surface area contributed by atoms with Crippen molar-refractivity contribution in [2.45, 2.75) is 44.2 Å². The molecule has 0 bridgehead atoms. The number of benzene rings is 1. The lowest BCUT2D eigenvalue weighted by Crippen LogP contribution is -2.50. The molecule has 0 aromatic heterocycles. The molecule has 6 heteroatoms. The summed E-state index contributed by atoms with van der Waals surface area (Å²) in [7, 11) is 0. The number of hydrogen-bond acceptors (Lipinski definition) is 5. The minimum absolute atomic E-state index is 0.00279. The number of amides is 1. The van der Waals surface area contributed by atoms with Gasteiger partial charge in [-0.1, -0.05) is 12.5 Å². The Morgan fingerprint density at radius 2 is 2.08 bits per heavy atom. The molecule has 25 heavy (non-hydrogen) atoms. The molecular weight excluding hydrogens is 322 g/mol. The third kappa shape index (κ3) is 4.07. The number of carbonyl (C=O) groups excluding carboxylic acids is 1. The van der Waals surface area contributed by atoms with Gasteiger partial charge in [0.2, 0.25) is 12.7 Å². The average Bonchev–Trinajstić information content (AvgIpc) is 3.02. The SMILES string of the molecule is O=C(Cc1ccc2c(c1)OCO2)N[C@@H]1CCOC[C@H]1OCC1CCC1. The minimum atomic E-state index is -0.0462. The Bertz CT molecular complexity index is 616. The van der Waals surface area contributed by atoms with Gasteiger partial charge in [-0.3, -0.25) is 4.79 Å². The van der Waals surface area contributed by atoms with Crippen molar-refractivity contribution in [3.63, 3.8) is 0 Å². The molecule has 2 heterocycles. The summed E-state index contributed by atoms with van der Waals surface area (Å²) in [6, 6.07) is 5.65. The first-order valence-electron chi connectivity index (χ1n) is 9.15. The third-order valence-corrected chi connectivity index (χ3v) is 5.22. The van der Waals surface area contributed by atoms with Crippen LogP contribution >= 0.6 is 0 Å². The Balaban J connectivity index is 1.30. The highest BCUT2D eigenvalue weighted by Crippen LogP contribution is 2.32. The topological polar surface area (TPSA) is 66.0 Å². The monoisotopic (exact) mass is 347 g/mol. The Hall–Kier alpha value is -1.79. The van der Waals surface area contributed by atoms with E-state index < -0.39 is 0 Å². The standard InChI is InChI=1S/C19H25NO5/c21-19(9-14-4-5-16-17(8-14)25-12-24-16)20-15-6-7-22-11-18(15)23-10-13-2-1-3-13/h4-5,8,13,15,18H,1-3,6-7,9-12H2,(H,20,21)/t15-,18-/m1/s1. The average molecular weight is 347 g/mol. The van der Waals surface area contributed by atoms with Gasteiger partial charge >= 0.3 is 0 Å². The van der Waals surface area contributed by atoms with E-state index in [4.69, 9.17) is 18.9 Å². The van der Waals surface area contributed by atoms with E-state index in [2.05, 4.69) is 5.32 Å². The Kier molecular flexibility index (Phi) is 5.08. The first-order chi connectivity index (χ1) is 12.3. The number of carbonyl (C=O) groups is 1. The van der Waals surface area contributed by atoms with E-state index in [0.29, 0.717) is 31.3 Å². The van der Waals surface area contributed by atoms with Gasteiger partial charge < -0.3 is 24.3 Å². The Labute approximate surface area is 147 Å². The molecule has 0 unspecified atom stereocenters. The highest BCUT2D eigenvalue weighted by atomic mass is 16.7. The second-order valence-electron chi connectivity index (χ2n) is 7.07. The largest absolute Gasteiger partial charge is 0.454 e. The summed E-state index contributed by atoms with van der Waals surface area (Å²) < 4.78 is 22.2. The van der Waals surface area contributed by atoms with Crippen molar-refractivity contribution in [3.05, 3.63) is 23.8 Å². The molecule has 1 saturated carbocycles. The maximum absolute atomic E-state index is 12.5. The zero-order valence-corrected chi connectivity index (χ0v) is 14.4. The molecule has 1 aromatic rings. The maximum Gasteiger partial charge on any atom is 0.231 e. The lowest BCUT2D eigenvalue weighted by Gasteiger charge is -2.34. The Morgan fingerprint density at radius 1 is 1.20 bits per heavy atom. The lowest BCUT2D eigenvalue weighted by molar-refractivity contribution is -0.126. The molecule has 2 fully saturated rings. The maximum atomic E-state index is 12.5. The van der Waals surface area contributed by atoms with Crippen molar-refractivity contribution in [3.8, 4) is 11.5 Å². The van der Waals surface area contributed by atoms with Crippen LogP contribution in [0.15, 0.2) is 18.2 Å². The molecule has 6 nitrogen and oxygen atoms in total. The molecule has 1 aromatic carbocycles. The van der Waals surface area contributed by atoms with Crippen molar-refractivity contribution in [2.75, 3.05) is 26.6 Å². The van der Waals surface area contributed by atoms with Gasteiger partial charge in [0.15, 0.2) is 11.5 Å². The third-order valence-electron chi connectivity index (χ3n) is 5.22. The van der Waals surface area contributed by atoms with Gasteiger partial charge in [-0.25, -0.2) is 0 Å². The Morgan fingerprint density at radius 3 is 2.92 bits per heavy atom. The van der Waals surface area contributed by atoms with Crippen LogP contribution in [0.25, 0.3) is 0 Å². The number of rotatable bonds is 6. The van der Waals surface area contributed by atoms with Crippen LogP contribution in [0.2, 0.25) is 0 Å². The van der Waals surface area contributed by atoms with Crippen LogP contribution in [-0.4, -0.2) is 44.7 Å². The fraction of sp³-hybridized carbons (Fsp3) is 0.632. The van der Waals surface area contributed by atoms with Crippen molar-refractivity contribution in [1.82, 2.24) is 5.32 Å². The summed E-state index contributed by atoms with van der Waals surface area (Å²) in [5.74, 6) is 2.13. The second-order valence-corrected chi connectivity index (χ2v) is 7.07. The van der Waals surface area contributed by atoms with E-state index in [-0.39, 0.29) is 24.8 Å². The summed E-state index contributed by atoms with van der Waals surface area (Å²) in [6.07, 6.45) is 4.90.